The standard InChI is InChI=1S/C16H22N4O/c1-3-16(2,9-10-17)19-15(21)13-11-18-20(12-13)14-7-5-4-6-8-14/h4-8,11-12H,3,9-10,17H2,1-2H3,(H,19,21). The van der Waals surface area contributed by atoms with E-state index in [1.54, 1.807) is 17.1 Å². The fourth-order valence-electron chi connectivity index (χ4n) is 2.15. The van der Waals surface area contributed by atoms with Crippen molar-refractivity contribution >= 4 is 5.91 Å². The van der Waals surface area contributed by atoms with Gasteiger partial charge in [-0.3, -0.25) is 4.79 Å². The van der Waals surface area contributed by atoms with E-state index < -0.39 is 0 Å². The van der Waals surface area contributed by atoms with Crippen molar-refractivity contribution in [1.29, 1.82) is 0 Å². The van der Waals surface area contributed by atoms with Gasteiger partial charge in [0.1, 0.15) is 0 Å². The molecule has 0 bridgehead atoms. The molecule has 2 aromatic rings. The van der Waals surface area contributed by atoms with E-state index in [2.05, 4.69) is 10.4 Å². The summed E-state index contributed by atoms with van der Waals surface area (Å²) in [5.74, 6) is -0.116. The lowest BCUT2D eigenvalue weighted by atomic mass is 9.94. The zero-order valence-electron chi connectivity index (χ0n) is 12.5. The van der Waals surface area contributed by atoms with Crippen LogP contribution in [-0.4, -0.2) is 27.8 Å². The maximum Gasteiger partial charge on any atom is 0.254 e. The quantitative estimate of drug-likeness (QED) is 0.854. The van der Waals surface area contributed by atoms with Crippen LogP contribution in [0.1, 0.15) is 37.0 Å². The molecular formula is C16H22N4O. The fourth-order valence-corrected chi connectivity index (χ4v) is 2.15. The van der Waals surface area contributed by atoms with Crippen molar-refractivity contribution in [3.63, 3.8) is 0 Å². The first-order chi connectivity index (χ1) is 10.1. The van der Waals surface area contributed by atoms with Crippen LogP contribution < -0.4 is 11.1 Å². The molecule has 0 aliphatic heterocycles. The first kappa shape index (κ1) is 15.3. The Morgan fingerprint density at radius 1 is 1.38 bits per heavy atom. The summed E-state index contributed by atoms with van der Waals surface area (Å²) in [5.41, 5.74) is 6.82. The SMILES string of the molecule is CCC(C)(CCN)NC(=O)c1cnn(-c2ccccc2)c1. The van der Waals surface area contributed by atoms with E-state index in [4.69, 9.17) is 5.73 Å². The molecule has 1 aromatic carbocycles. The summed E-state index contributed by atoms with van der Waals surface area (Å²) in [6, 6.07) is 9.71. The van der Waals surface area contributed by atoms with Gasteiger partial charge in [0.25, 0.3) is 5.91 Å². The van der Waals surface area contributed by atoms with Crippen LogP contribution >= 0.6 is 0 Å². The molecule has 0 saturated carbocycles. The number of nitrogens with one attached hydrogen (secondary N) is 1. The molecule has 3 N–H and O–H groups in total. The molecule has 5 heteroatoms. The Morgan fingerprint density at radius 2 is 2.10 bits per heavy atom. The van der Waals surface area contributed by atoms with Gasteiger partial charge in [0.15, 0.2) is 0 Å². The van der Waals surface area contributed by atoms with E-state index in [0.717, 1.165) is 18.5 Å². The van der Waals surface area contributed by atoms with Gasteiger partial charge in [0, 0.05) is 11.7 Å². The third kappa shape index (κ3) is 3.70. The molecule has 0 fully saturated rings. The van der Waals surface area contributed by atoms with Crippen molar-refractivity contribution in [1.82, 2.24) is 15.1 Å². The molecule has 2 rings (SSSR count). The number of amides is 1. The molecule has 0 aliphatic rings. The van der Waals surface area contributed by atoms with Gasteiger partial charge < -0.3 is 11.1 Å². The number of rotatable bonds is 6. The number of carbonyl (C=O) groups is 1. The third-order valence-electron chi connectivity index (χ3n) is 3.76. The maximum atomic E-state index is 12.3. The first-order valence-corrected chi connectivity index (χ1v) is 7.20. The second-order valence-electron chi connectivity index (χ2n) is 5.42. The van der Waals surface area contributed by atoms with Gasteiger partial charge in [-0.1, -0.05) is 25.1 Å². The van der Waals surface area contributed by atoms with Crippen molar-refractivity contribution in [3.8, 4) is 5.69 Å². The molecule has 1 unspecified atom stereocenters. The Hall–Kier alpha value is -2.14. The molecule has 112 valence electrons. The number of aromatic nitrogens is 2. The van der Waals surface area contributed by atoms with E-state index in [-0.39, 0.29) is 11.4 Å². The molecular weight excluding hydrogens is 264 g/mol. The van der Waals surface area contributed by atoms with Crippen molar-refractivity contribution in [2.45, 2.75) is 32.2 Å². The molecule has 21 heavy (non-hydrogen) atoms. The summed E-state index contributed by atoms with van der Waals surface area (Å²) in [4.78, 5) is 12.3. The highest BCUT2D eigenvalue weighted by Gasteiger charge is 2.24. The topological polar surface area (TPSA) is 72.9 Å². The molecule has 1 atom stereocenters. The van der Waals surface area contributed by atoms with Gasteiger partial charge in [-0.2, -0.15) is 5.10 Å². The Labute approximate surface area is 125 Å². The number of hydrogen-bond donors (Lipinski definition) is 2. The molecule has 1 heterocycles. The van der Waals surface area contributed by atoms with Crippen LogP contribution in [0.5, 0.6) is 0 Å². The van der Waals surface area contributed by atoms with E-state index in [0.29, 0.717) is 12.1 Å². The van der Waals surface area contributed by atoms with Crippen molar-refractivity contribution in [2.75, 3.05) is 6.54 Å². The molecule has 0 radical (unpaired) electrons. The van der Waals surface area contributed by atoms with Crippen LogP contribution in [-0.2, 0) is 0 Å². The summed E-state index contributed by atoms with van der Waals surface area (Å²) in [7, 11) is 0. The zero-order chi connectivity index (χ0) is 15.3. The second-order valence-corrected chi connectivity index (χ2v) is 5.42. The Bertz CT molecular complexity index is 593. The zero-order valence-corrected chi connectivity index (χ0v) is 12.5. The summed E-state index contributed by atoms with van der Waals surface area (Å²) >= 11 is 0. The number of nitrogens with zero attached hydrogens (tertiary/aromatic N) is 2. The maximum absolute atomic E-state index is 12.3. The number of hydrogen-bond acceptors (Lipinski definition) is 3. The number of benzene rings is 1. The largest absolute Gasteiger partial charge is 0.347 e. The minimum absolute atomic E-state index is 0.116. The predicted octanol–water partition coefficient (Wildman–Crippen LogP) is 2.12. The molecule has 0 spiro atoms. The third-order valence-corrected chi connectivity index (χ3v) is 3.76. The summed E-state index contributed by atoms with van der Waals surface area (Å²) in [6.45, 7) is 4.61. The number of nitrogens with two attached hydrogens (primary N) is 1. The van der Waals surface area contributed by atoms with Gasteiger partial charge in [-0.05, 0) is 38.4 Å². The van der Waals surface area contributed by atoms with Gasteiger partial charge in [0.05, 0.1) is 17.4 Å². The highest BCUT2D eigenvalue weighted by molar-refractivity contribution is 5.94. The van der Waals surface area contributed by atoms with Crippen LogP contribution in [0, 0.1) is 0 Å². The smallest absolute Gasteiger partial charge is 0.254 e. The minimum Gasteiger partial charge on any atom is -0.347 e. The highest BCUT2D eigenvalue weighted by Crippen LogP contribution is 2.15. The van der Waals surface area contributed by atoms with Gasteiger partial charge >= 0.3 is 0 Å². The van der Waals surface area contributed by atoms with Gasteiger partial charge in [-0.25, -0.2) is 4.68 Å². The van der Waals surface area contributed by atoms with Gasteiger partial charge in [-0.15, -0.1) is 0 Å². The number of para-hydroxylation sites is 1. The lowest BCUT2D eigenvalue weighted by Gasteiger charge is -2.28. The van der Waals surface area contributed by atoms with Crippen molar-refractivity contribution in [2.24, 2.45) is 5.73 Å². The normalized spacial score (nSPS) is 13.7. The number of carbonyl (C=O) groups excluding carboxylic acids is 1. The minimum atomic E-state index is -0.277. The van der Waals surface area contributed by atoms with Crippen LogP contribution in [0.4, 0.5) is 0 Å². The lowest BCUT2D eigenvalue weighted by molar-refractivity contribution is 0.0900. The van der Waals surface area contributed by atoms with Crippen LogP contribution in [0.15, 0.2) is 42.7 Å². The summed E-state index contributed by atoms with van der Waals surface area (Å²) in [5, 5.41) is 7.29. The average Bonchev–Trinajstić information content (AvgIpc) is 2.98. The first-order valence-electron chi connectivity index (χ1n) is 7.20. The molecule has 0 saturated heterocycles. The Kier molecular flexibility index (Phi) is 4.75. The fraction of sp³-hybridized carbons (Fsp3) is 0.375. The van der Waals surface area contributed by atoms with E-state index in [1.165, 1.54) is 0 Å². The summed E-state index contributed by atoms with van der Waals surface area (Å²) < 4.78 is 1.70. The van der Waals surface area contributed by atoms with Crippen molar-refractivity contribution < 1.29 is 4.79 Å². The highest BCUT2D eigenvalue weighted by atomic mass is 16.1. The monoisotopic (exact) mass is 286 g/mol. The van der Waals surface area contributed by atoms with Gasteiger partial charge in [0.2, 0.25) is 0 Å². The summed E-state index contributed by atoms with van der Waals surface area (Å²) in [6.07, 6.45) is 4.91. The predicted molar refractivity (Wildman–Crippen MR) is 83.4 cm³/mol. The molecule has 1 amide bonds. The molecule has 5 nitrogen and oxygen atoms in total. The Balaban J connectivity index is 2.12. The lowest BCUT2D eigenvalue weighted by Crippen LogP contribution is -2.46. The van der Waals surface area contributed by atoms with E-state index in [1.807, 2.05) is 44.2 Å². The van der Waals surface area contributed by atoms with E-state index in [9.17, 15) is 4.79 Å². The van der Waals surface area contributed by atoms with Crippen LogP contribution in [0.2, 0.25) is 0 Å². The molecule has 0 aliphatic carbocycles. The van der Waals surface area contributed by atoms with Crippen LogP contribution in [0.3, 0.4) is 0 Å². The average molecular weight is 286 g/mol. The second kappa shape index (κ2) is 6.54. The van der Waals surface area contributed by atoms with Crippen molar-refractivity contribution in [3.05, 3.63) is 48.3 Å². The molecule has 1 aromatic heterocycles. The Morgan fingerprint density at radius 3 is 2.71 bits per heavy atom. The van der Waals surface area contributed by atoms with Crippen LogP contribution in [0.25, 0.3) is 5.69 Å². The van der Waals surface area contributed by atoms with E-state index >= 15 is 0 Å².